The standard InChI is InChI=1S/C15H19BrO3/c1-11-7-8-14(13(16)9-11)18-10-15(17)19-12-5-3-2-4-6-12/h7-9,12H,2-6,10H2,1H3. The van der Waals surface area contributed by atoms with Crippen molar-refractivity contribution in [3.8, 4) is 5.75 Å². The van der Waals surface area contributed by atoms with Gasteiger partial charge in [0.1, 0.15) is 11.9 Å². The lowest BCUT2D eigenvalue weighted by atomic mass is 9.98. The zero-order valence-corrected chi connectivity index (χ0v) is 12.7. The van der Waals surface area contributed by atoms with Crippen LogP contribution in [0.2, 0.25) is 0 Å². The normalized spacial score (nSPS) is 16.1. The van der Waals surface area contributed by atoms with Crippen LogP contribution in [0.3, 0.4) is 0 Å². The van der Waals surface area contributed by atoms with Crippen LogP contribution in [0.5, 0.6) is 5.75 Å². The van der Waals surface area contributed by atoms with Crippen LogP contribution in [-0.4, -0.2) is 18.7 Å². The minimum absolute atomic E-state index is 0.0296. The maximum Gasteiger partial charge on any atom is 0.344 e. The van der Waals surface area contributed by atoms with E-state index in [1.165, 1.54) is 6.42 Å². The lowest BCUT2D eigenvalue weighted by Gasteiger charge is -2.21. The highest BCUT2D eigenvalue weighted by atomic mass is 79.9. The van der Waals surface area contributed by atoms with Gasteiger partial charge in [-0.3, -0.25) is 0 Å². The first kappa shape index (κ1) is 14.4. The van der Waals surface area contributed by atoms with Crippen LogP contribution in [0.15, 0.2) is 22.7 Å². The van der Waals surface area contributed by atoms with E-state index in [0.29, 0.717) is 5.75 Å². The van der Waals surface area contributed by atoms with Crippen molar-refractivity contribution in [3.05, 3.63) is 28.2 Å². The molecule has 1 aromatic rings. The molecule has 0 unspecified atom stereocenters. The number of esters is 1. The first-order valence-electron chi connectivity index (χ1n) is 6.73. The quantitative estimate of drug-likeness (QED) is 0.784. The fraction of sp³-hybridized carbons (Fsp3) is 0.533. The molecule has 104 valence electrons. The lowest BCUT2D eigenvalue weighted by molar-refractivity contribution is -0.152. The Labute approximate surface area is 122 Å². The summed E-state index contributed by atoms with van der Waals surface area (Å²) in [6.07, 6.45) is 5.62. The summed E-state index contributed by atoms with van der Waals surface area (Å²) in [5.41, 5.74) is 1.14. The summed E-state index contributed by atoms with van der Waals surface area (Å²) in [6.45, 7) is 1.98. The maximum atomic E-state index is 11.7. The molecular weight excluding hydrogens is 308 g/mol. The van der Waals surface area contributed by atoms with Crippen molar-refractivity contribution in [1.29, 1.82) is 0 Å². The molecule has 0 saturated heterocycles. The Morgan fingerprint density at radius 1 is 1.32 bits per heavy atom. The molecule has 0 aliphatic heterocycles. The van der Waals surface area contributed by atoms with Gasteiger partial charge in [0.05, 0.1) is 4.47 Å². The summed E-state index contributed by atoms with van der Waals surface area (Å²) >= 11 is 3.42. The van der Waals surface area contributed by atoms with Gasteiger partial charge in [0.2, 0.25) is 0 Å². The van der Waals surface area contributed by atoms with Gasteiger partial charge in [-0.1, -0.05) is 12.5 Å². The van der Waals surface area contributed by atoms with Crippen LogP contribution in [-0.2, 0) is 9.53 Å². The van der Waals surface area contributed by atoms with Gasteiger partial charge in [-0.25, -0.2) is 4.79 Å². The van der Waals surface area contributed by atoms with E-state index in [4.69, 9.17) is 9.47 Å². The van der Waals surface area contributed by atoms with Gasteiger partial charge in [-0.15, -0.1) is 0 Å². The van der Waals surface area contributed by atoms with Gasteiger partial charge < -0.3 is 9.47 Å². The van der Waals surface area contributed by atoms with E-state index in [1.807, 2.05) is 25.1 Å². The van der Waals surface area contributed by atoms with Crippen LogP contribution >= 0.6 is 15.9 Å². The van der Waals surface area contributed by atoms with Crippen LogP contribution < -0.4 is 4.74 Å². The van der Waals surface area contributed by atoms with Gasteiger partial charge in [0.15, 0.2) is 6.61 Å². The molecule has 0 radical (unpaired) electrons. The molecule has 1 fully saturated rings. The molecular formula is C15H19BrO3. The molecule has 1 saturated carbocycles. The van der Waals surface area contributed by atoms with Crippen molar-refractivity contribution in [2.24, 2.45) is 0 Å². The fourth-order valence-electron chi connectivity index (χ4n) is 2.26. The average Bonchev–Trinajstić information content (AvgIpc) is 2.39. The van der Waals surface area contributed by atoms with Crippen molar-refractivity contribution in [2.45, 2.75) is 45.1 Å². The molecule has 0 aromatic heterocycles. The molecule has 0 heterocycles. The van der Waals surface area contributed by atoms with Gasteiger partial charge in [-0.05, 0) is 66.2 Å². The Morgan fingerprint density at radius 3 is 2.74 bits per heavy atom. The molecule has 3 nitrogen and oxygen atoms in total. The third kappa shape index (κ3) is 4.53. The van der Waals surface area contributed by atoms with E-state index >= 15 is 0 Å². The molecule has 1 aliphatic carbocycles. The molecule has 19 heavy (non-hydrogen) atoms. The van der Waals surface area contributed by atoms with E-state index in [0.717, 1.165) is 35.7 Å². The van der Waals surface area contributed by atoms with Crippen LogP contribution in [0.25, 0.3) is 0 Å². The Morgan fingerprint density at radius 2 is 2.05 bits per heavy atom. The van der Waals surface area contributed by atoms with Gasteiger partial charge >= 0.3 is 5.97 Å². The summed E-state index contributed by atoms with van der Waals surface area (Å²) in [7, 11) is 0. The number of aryl methyl sites for hydroxylation is 1. The summed E-state index contributed by atoms with van der Waals surface area (Å²) in [5, 5.41) is 0. The highest BCUT2D eigenvalue weighted by Crippen LogP contribution is 2.26. The maximum absolute atomic E-state index is 11.7. The first-order chi connectivity index (χ1) is 9.15. The number of carbonyl (C=O) groups excluding carboxylic acids is 1. The molecule has 0 amide bonds. The molecule has 0 spiro atoms. The minimum atomic E-state index is -0.278. The van der Waals surface area contributed by atoms with Crippen LogP contribution in [0.4, 0.5) is 0 Å². The van der Waals surface area contributed by atoms with Gasteiger partial charge in [0.25, 0.3) is 0 Å². The lowest BCUT2D eigenvalue weighted by Crippen LogP contribution is -2.24. The molecule has 0 N–H and O–H groups in total. The van der Waals surface area contributed by atoms with Gasteiger partial charge in [-0.2, -0.15) is 0 Å². The molecule has 0 bridgehead atoms. The van der Waals surface area contributed by atoms with Crippen LogP contribution in [0.1, 0.15) is 37.7 Å². The minimum Gasteiger partial charge on any atom is -0.481 e. The second kappa shape index (κ2) is 6.94. The van der Waals surface area contributed by atoms with E-state index < -0.39 is 0 Å². The summed E-state index contributed by atoms with van der Waals surface area (Å²) in [5.74, 6) is 0.394. The van der Waals surface area contributed by atoms with Crippen LogP contribution in [0, 0.1) is 6.92 Å². The monoisotopic (exact) mass is 326 g/mol. The second-order valence-corrected chi connectivity index (χ2v) is 5.83. The van der Waals surface area contributed by atoms with Crippen molar-refractivity contribution in [2.75, 3.05) is 6.61 Å². The Kier molecular flexibility index (Phi) is 5.25. The molecule has 2 rings (SSSR count). The third-order valence-electron chi connectivity index (χ3n) is 3.28. The number of rotatable bonds is 4. The van der Waals surface area contributed by atoms with E-state index in [9.17, 15) is 4.79 Å². The molecule has 4 heteroatoms. The Balaban J connectivity index is 1.79. The summed E-state index contributed by atoms with van der Waals surface area (Å²) in [6, 6.07) is 5.77. The molecule has 1 aromatic carbocycles. The third-order valence-corrected chi connectivity index (χ3v) is 3.90. The number of ether oxygens (including phenoxy) is 2. The van der Waals surface area contributed by atoms with Crippen molar-refractivity contribution < 1.29 is 14.3 Å². The number of hydrogen-bond acceptors (Lipinski definition) is 3. The largest absolute Gasteiger partial charge is 0.481 e. The smallest absolute Gasteiger partial charge is 0.344 e. The van der Waals surface area contributed by atoms with E-state index in [-0.39, 0.29) is 18.7 Å². The molecule has 1 aliphatic rings. The topological polar surface area (TPSA) is 35.5 Å². The highest BCUT2D eigenvalue weighted by Gasteiger charge is 2.18. The summed E-state index contributed by atoms with van der Waals surface area (Å²) < 4.78 is 11.7. The predicted octanol–water partition coefficient (Wildman–Crippen LogP) is 4.01. The first-order valence-corrected chi connectivity index (χ1v) is 7.53. The van der Waals surface area contributed by atoms with E-state index in [1.54, 1.807) is 0 Å². The predicted molar refractivity (Wildman–Crippen MR) is 77.3 cm³/mol. The average molecular weight is 327 g/mol. The number of benzene rings is 1. The number of hydrogen-bond donors (Lipinski definition) is 0. The van der Waals surface area contributed by atoms with Crippen molar-refractivity contribution in [1.82, 2.24) is 0 Å². The van der Waals surface area contributed by atoms with Crippen molar-refractivity contribution in [3.63, 3.8) is 0 Å². The van der Waals surface area contributed by atoms with E-state index in [2.05, 4.69) is 15.9 Å². The number of halogens is 1. The SMILES string of the molecule is Cc1ccc(OCC(=O)OC2CCCCC2)c(Br)c1. The van der Waals surface area contributed by atoms with Gasteiger partial charge in [0, 0.05) is 0 Å². The summed E-state index contributed by atoms with van der Waals surface area (Å²) in [4.78, 5) is 11.7. The fourth-order valence-corrected chi connectivity index (χ4v) is 2.87. The number of carbonyl (C=O) groups is 1. The highest BCUT2D eigenvalue weighted by molar-refractivity contribution is 9.10. The zero-order chi connectivity index (χ0) is 13.7. The molecule has 0 atom stereocenters. The second-order valence-electron chi connectivity index (χ2n) is 4.97. The van der Waals surface area contributed by atoms with Crippen molar-refractivity contribution >= 4 is 21.9 Å². The Hall–Kier alpha value is -1.03. The Bertz CT molecular complexity index is 439. The zero-order valence-electron chi connectivity index (χ0n) is 11.2.